The number of benzene rings is 1. The predicted molar refractivity (Wildman–Crippen MR) is 105 cm³/mol. The molecule has 3 rings (SSSR count). The molecule has 150 valence electrons. The highest BCUT2D eigenvalue weighted by molar-refractivity contribution is 8.00. The normalized spacial score (nSPS) is 12.7. The van der Waals surface area contributed by atoms with Crippen LogP contribution in [-0.2, 0) is 9.63 Å². The summed E-state index contributed by atoms with van der Waals surface area (Å²) < 4.78 is 0. The number of fused-ring (bicyclic) bond motifs is 1. The number of imide groups is 1. The number of hydroxylamine groups is 2. The summed E-state index contributed by atoms with van der Waals surface area (Å²) in [6.07, 6.45) is 3.31. The van der Waals surface area contributed by atoms with E-state index in [2.05, 4.69) is 10.3 Å². The number of aromatic nitrogens is 1. The highest BCUT2D eigenvalue weighted by atomic mass is 32.2. The topological polar surface area (TPSA) is 106 Å². The fourth-order valence-electron chi connectivity index (χ4n) is 2.60. The second-order valence-corrected chi connectivity index (χ2v) is 7.25. The van der Waals surface area contributed by atoms with E-state index in [1.54, 1.807) is 18.2 Å². The molecule has 1 aromatic heterocycles. The van der Waals surface area contributed by atoms with Gasteiger partial charge in [-0.25, -0.2) is 9.78 Å². The van der Waals surface area contributed by atoms with Gasteiger partial charge in [-0.2, -0.15) is 0 Å². The summed E-state index contributed by atoms with van der Waals surface area (Å²) in [5, 5.41) is 3.25. The van der Waals surface area contributed by atoms with Gasteiger partial charge in [0.1, 0.15) is 0 Å². The van der Waals surface area contributed by atoms with Gasteiger partial charge >= 0.3 is 5.97 Å². The third-order valence-electron chi connectivity index (χ3n) is 4.09. The van der Waals surface area contributed by atoms with Crippen molar-refractivity contribution in [1.82, 2.24) is 15.4 Å². The van der Waals surface area contributed by atoms with Crippen LogP contribution in [0.5, 0.6) is 0 Å². The van der Waals surface area contributed by atoms with Crippen LogP contribution in [-0.4, -0.2) is 46.0 Å². The third-order valence-corrected chi connectivity index (χ3v) is 5.09. The molecule has 0 unspecified atom stereocenters. The van der Waals surface area contributed by atoms with Gasteiger partial charge in [0.05, 0.1) is 16.9 Å². The van der Waals surface area contributed by atoms with Crippen LogP contribution in [0.25, 0.3) is 0 Å². The summed E-state index contributed by atoms with van der Waals surface area (Å²) in [7, 11) is 0. The molecular formula is C20H19N3O5S. The molecule has 2 heterocycles. The molecule has 0 radical (unpaired) electrons. The van der Waals surface area contributed by atoms with E-state index in [9.17, 15) is 19.2 Å². The van der Waals surface area contributed by atoms with E-state index in [0.717, 1.165) is 12.8 Å². The fourth-order valence-corrected chi connectivity index (χ4v) is 3.35. The summed E-state index contributed by atoms with van der Waals surface area (Å²) in [5.74, 6) is -2.24. The maximum Gasteiger partial charge on any atom is 0.382 e. The summed E-state index contributed by atoms with van der Waals surface area (Å²) >= 11 is 1.24. The highest BCUT2D eigenvalue weighted by Crippen LogP contribution is 2.24. The molecule has 3 amide bonds. The fraction of sp³-hybridized carbons (Fsp3) is 0.250. The van der Waals surface area contributed by atoms with Crippen LogP contribution in [0.1, 0.15) is 51.0 Å². The van der Waals surface area contributed by atoms with Crippen LogP contribution < -0.4 is 5.32 Å². The monoisotopic (exact) mass is 413 g/mol. The summed E-state index contributed by atoms with van der Waals surface area (Å²) in [4.78, 5) is 58.3. The standard InChI is InChI=1S/C20H19N3O5S/c1-2-3-9-22-17(24)12-29-13-8-10-21-16(11-13)20(27)28-23-18(25)14-6-4-5-7-15(14)19(23)26/h4-8,10-11H,2-3,9,12H2,1H3,(H,22,24). The van der Waals surface area contributed by atoms with Gasteiger partial charge in [0.2, 0.25) is 5.91 Å². The van der Waals surface area contributed by atoms with Crippen molar-refractivity contribution in [3.8, 4) is 0 Å². The molecule has 0 atom stereocenters. The average molecular weight is 413 g/mol. The molecule has 2 aromatic rings. The Kier molecular flexibility index (Phi) is 6.61. The van der Waals surface area contributed by atoms with Crippen molar-refractivity contribution in [3.63, 3.8) is 0 Å². The second kappa shape index (κ2) is 9.33. The van der Waals surface area contributed by atoms with Gasteiger partial charge in [0.25, 0.3) is 11.8 Å². The van der Waals surface area contributed by atoms with Crippen LogP contribution in [0.15, 0.2) is 47.5 Å². The van der Waals surface area contributed by atoms with Crippen molar-refractivity contribution in [2.24, 2.45) is 0 Å². The zero-order chi connectivity index (χ0) is 20.8. The molecule has 0 spiro atoms. The minimum atomic E-state index is -0.936. The van der Waals surface area contributed by atoms with Crippen molar-refractivity contribution in [2.75, 3.05) is 12.3 Å². The maximum absolute atomic E-state index is 12.4. The average Bonchev–Trinajstić information content (AvgIpc) is 2.98. The van der Waals surface area contributed by atoms with E-state index in [1.807, 2.05) is 6.92 Å². The number of amides is 3. The molecule has 0 aliphatic carbocycles. The zero-order valence-electron chi connectivity index (χ0n) is 15.7. The van der Waals surface area contributed by atoms with Crippen molar-refractivity contribution in [3.05, 3.63) is 59.4 Å². The number of carbonyl (C=O) groups is 4. The molecule has 0 saturated heterocycles. The summed E-state index contributed by atoms with van der Waals surface area (Å²) in [5.41, 5.74) is 0.284. The van der Waals surface area contributed by atoms with Gasteiger partial charge < -0.3 is 10.2 Å². The van der Waals surface area contributed by atoms with Crippen LogP contribution >= 0.6 is 11.8 Å². The largest absolute Gasteiger partial charge is 0.382 e. The molecule has 8 nitrogen and oxygen atoms in total. The van der Waals surface area contributed by atoms with Crippen molar-refractivity contribution in [1.29, 1.82) is 0 Å². The molecule has 9 heteroatoms. The Hall–Kier alpha value is -3.20. The number of hydrogen-bond donors (Lipinski definition) is 1. The van der Waals surface area contributed by atoms with Gasteiger partial charge in [-0.1, -0.05) is 30.5 Å². The number of thioether (sulfide) groups is 1. The van der Waals surface area contributed by atoms with Gasteiger partial charge in [0, 0.05) is 17.6 Å². The molecule has 1 aromatic carbocycles. The molecule has 0 saturated carbocycles. The Morgan fingerprint density at radius 3 is 2.48 bits per heavy atom. The number of nitrogens with zero attached hydrogens (tertiary/aromatic N) is 2. The number of hydrogen-bond acceptors (Lipinski definition) is 7. The van der Waals surface area contributed by atoms with Crippen molar-refractivity contribution in [2.45, 2.75) is 24.7 Å². The quantitative estimate of drug-likeness (QED) is 0.402. The zero-order valence-corrected chi connectivity index (χ0v) is 16.5. The number of unbranched alkanes of at least 4 members (excludes halogenated alkanes) is 1. The Morgan fingerprint density at radius 1 is 1.14 bits per heavy atom. The smallest absolute Gasteiger partial charge is 0.355 e. The SMILES string of the molecule is CCCCNC(=O)CSc1ccnc(C(=O)ON2C(=O)c3ccccc3C2=O)c1. The Bertz CT molecular complexity index is 928. The third kappa shape index (κ3) is 4.80. The summed E-state index contributed by atoms with van der Waals surface area (Å²) in [6, 6.07) is 9.33. The maximum atomic E-state index is 12.4. The molecular weight excluding hydrogens is 394 g/mol. The van der Waals surface area contributed by atoms with Gasteiger partial charge in [0.15, 0.2) is 5.69 Å². The Labute approximate surface area is 171 Å². The molecule has 1 aliphatic heterocycles. The van der Waals surface area contributed by atoms with E-state index in [4.69, 9.17) is 4.84 Å². The number of carbonyl (C=O) groups excluding carboxylic acids is 4. The minimum absolute atomic E-state index is 0.0713. The van der Waals surface area contributed by atoms with Crippen molar-refractivity contribution >= 4 is 35.5 Å². The lowest BCUT2D eigenvalue weighted by atomic mass is 10.1. The minimum Gasteiger partial charge on any atom is -0.355 e. The van der Waals surface area contributed by atoms with E-state index in [1.165, 1.54) is 36.2 Å². The van der Waals surface area contributed by atoms with Crippen molar-refractivity contribution < 1.29 is 24.0 Å². The number of nitrogens with one attached hydrogen (secondary N) is 1. The first-order valence-electron chi connectivity index (χ1n) is 9.07. The van der Waals surface area contributed by atoms with Crippen LogP contribution in [0.3, 0.4) is 0 Å². The molecule has 29 heavy (non-hydrogen) atoms. The lowest BCUT2D eigenvalue weighted by Crippen LogP contribution is -2.33. The van der Waals surface area contributed by atoms with Crippen LogP contribution in [0.4, 0.5) is 0 Å². The van der Waals surface area contributed by atoms with Gasteiger partial charge in [-0.3, -0.25) is 14.4 Å². The number of rotatable bonds is 8. The van der Waals surface area contributed by atoms with E-state index in [-0.39, 0.29) is 28.5 Å². The first-order valence-corrected chi connectivity index (χ1v) is 10.1. The summed E-state index contributed by atoms with van der Waals surface area (Å²) in [6.45, 7) is 2.67. The van der Waals surface area contributed by atoms with Crippen LogP contribution in [0, 0.1) is 0 Å². The molecule has 1 aliphatic rings. The first-order chi connectivity index (χ1) is 14.0. The Morgan fingerprint density at radius 2 is 1.83 bits per heavy atom. The molecule has 0 bridgehead atoms. The Balaban J connectivity index is 1.61. The number of pyridine rings is 1. The first kappa shape index (κ1) is 20.5. The predicted octanol–water partition coefficient (Wildman–Crippen LogP) is 2.46. The highest BCUT2D eigenvalue weighted by Gasteiger charge is 2.39. The van der Waals surface area contributed by atoms with E-state index >= 15 is 0 Å². The van der Waals surface area contributed by atoms with E-state index < -0.39 is 17.8 Å². The van der Waals surface area contributed by atoms with Gasteiger partial charge in [-0.05, 0) is 30.7 Å². The molecule has 0 fully saturated rings. The van der Waals surface area contributed by atoms with Crippen LogP contribution in [0.2, 0.25) is 0 Å². The van der Waals surface area contributed by atoms with Gasteiger partial charge in [-0.15, -0.1) is 11.8 Å². The van der Waals surface area contributed by atoms with E-state index in [0.29, 0.717) is 16.5 Å². The second-order valence-electron chi connectivity index (χ2n) is 6.20. The lowest BCUT2D eigenvalue weighted by molar-refractivity contribution is -0.118. The lowest BCUT2D eigenvalue weighted by Gasteiger charge is -2.12. The molecule has 1 N–H and O–H groups in total.